The number of aldehydes is 1. The van der Waals surface area contributed by atoms with Crippen molar-refractivity contribution >= 4 is 28.1 Å². The van der Waals surface area contributed by atoms with Crippen molar-refractivity contribution in [2.45, 2.75) is 19.9 Å². The lowest BCUT2D eigenvalue weighted by molar-refractivity contribution is -0.110. The minimum absolute atomic E-state index is 0.0944. The van der Waals surface area contributed by atoms with Gasteiger partial charge in [-0.1, -0.05) is 29.8 Å². The van der Waals surface area contributed by atoms with Crippen molar-refractivity contribution in [1.29, 1.82) is 0 Å². The van der Waals surface area contributed by atoms with E-state index < -0.39 is 6.04 Å². The number of carbonyl (C=O) groups excluding carboxylic acids is 2. The molecule has 16 heavy (non-hydrogen) atoms. The van der Waals surface area contributed by atoms with Gasteiger partial charge in [0, 0.05) is 10.0 Å². The van der Waals surface area contributed by atoms with E-state index in [4.69, 9.17) is 0 Å². The highest BCUT2D eigenvalue weighted by Crippen LogP contribution is 2.11. The summed E-state index contributed by atoms with van der Waals surface area (Å²) in [4.78, 5) is 22.5. The molecule has 86 valence electrons. The minimum Gasteiger partial charge on any atom is -0.342 e. The lowest BCUT2D eigenvalue weighted by atomic mass is 10.1. The van der Waals surface area contributed by atoms with E-state index in [2.05, 4.69) is 21.2 Å². The van der Waals surface area contributed by atoms with Gasteiger partial charge in [-0.3, -0.25) is 4.79 Å². The molecule has 0 fully saturated rings. The number of rotatable bonds is 4. The van der Waals surface area contributed by atoms with Gasteiger partial charge in [-0.15, -0.1) is 0 Å². The van der Waals surface area contributed by atoms with Crippen LogP contribution in [0.5, 0.6) is 0 Å². The summed E-state index contributed by atoms with van der Waals surface area (Å²) in [6, 6.07) is 6.57. The molecule has 0 heterocycles. The third-order valence-corrected chi connectivity index (χ3v) is 2.80. The van der Waals surface area contributed by atoms with E-state index in [1.165, 1.54) is 0 Å². The Balaban J connectivity index is 2.71. The maximum Gasteiger partial charge on any atom is 0.251 e. The van der Waals surface area contributed by atoms with Crippen LogP contribution in [0, 0.1) is 5.92 Å². The first-order valence-electron chi connectivity index (χ1n) is 5.06. The monoisotopic (exact) mass is 283 g/mol. The second kappa shape index (κ2) is 5.80. The van der Waals surface area contributed by atoms with Crippen molar-refractivity contribution in [3.05, 3.63) is 34.3 Å². The number of nitrogens with one attached hydrogen (secondary N) is 1. The Morgan fingerprint density at radius 1 is 1.31 bits per heavy atom. The summed E-state index contributed by atoms with van der Waals surface area (Å²) in [7, 11) is 0. The molecule has 0 bridgehead atoms. The van der Waals surface area contributed by atoms with E-state index in [1.807, 2.05) is 13.8 Å². The normalized spacial score (nSPS) is 12.2. The Morgan fingerprint density at radius 2 is 1.88 bits per heavy atom. The highest BCUT2D eigenvalue weighted by molar-refractivity contribution is 9.10. The van der Waals surface area contributed by atoms with Crippen LogP contribution in [0.2, 0.25) is 0 Å². The fraction of sp³-hybridized carbons (Fsp3) is 0.333. The fourth-order valence-corrected chi connectivity index (χ4v) is 1.46. The standard InChI is InChI=1S/C12H14BrNO2/c1-8(2)11(7-15)14-12(16)9-3-5-10(13)6-4-9/h3-8,11H,1-2H3,(H,14,16). The zero-order chi connectivity index (χ0) is 12.1. The molecule has 0 spiro atoms. The molecule has 0 aliphatic heterocycles. The summed E-state index contributed by atoms with van der Waals surface area (Å²) >= 11 is 3.29. The van der Waals surface area contributed by atoms with Gasteiger partial charge in [-0.25, -0.2) is 0 Å². The number of benzene rings is 1. The molecule has 0 saturated carbocycles. The van der Waals surface area contributed by atoms with Crippen LogP contribution >= 0.6 is 15.9 Å². The van der Waals surface area contributed by atoms with Crippen molar-refractivity contribution in [3.8, 4) is 0 Å². The van der Waals surface area contributed by atoms with Gasteiger partial charge in [-0.2, -0.15) is 0 Å². The molecule has 0 aliphatic rings. The average Bonchev–Trinajstić information content (AvgIpc) is 2.26. The van der Waals surface area contributed by atoms with Crippen LogP contribution in [0.4, 0.5) is 0 Å². The third-order valence-electron chi connectivity index (χ3n) is 2.27. The van der Waals surface area contributed by atoms with Gasteiger partial charge >= 0.3 is 0 Å². The first kappa shape index (κ1) is 12.9. The molecule has 1 unspecified atom stereocenters. The predicted octanol–water partition coefficient (Wildman–Crippen LogP) is 2.40. The number of amides is 1. The summed E-state index contributed by atoms with van der Waals surface area (Å²) in [5.41, 5.74) is 0.552. The molecule has 1 aromatic rings. The average molecular weight is 284 g/mol. The van der Waals surface area contributed by atoms with E-state index in [-0.39, 0.29) is 11.8 Å². The molecule has 1 atom stereocenters. The molecule has 3 nitrogen and oxygen atoms in total. The summed E-state index contributed by atoms with van der Waals surface area (Å²) in [6.45, 7) is 3.78. The molecular weight excluding hydrogens is 270 g/mol. The number of hydrogen-bond acceptors (Lipinski definition) is 2. The van der Waals surface area contributed by atoms with Crippen molar-refractivity contribution < 1.29 is 9.59 Å². The second-order valence-electron chi connectivity index (χ2n) is 3.89. The minimum atomic E-state index is -0.434. The van der Waals surface area contributed by atoms with Crippen LogP contribution in [0.1, 0.15) is 24.2 Å². The lowest BCUT2D eigenvalue weighted by Gasteiger charge is -2.16. The molecule has 0 aliphatic carbocycles. The molecule has 1 N–H and O–H groups in total. The number of hydrogen-bond donors (Lipinski definition) is 1. The fourth-order valence-electron chi connectivity index (χ4n) is 1.19. The van der Waals surface area contributed by atoms with E-state index >= 15 is 0 Å². The van der Waals surface area contributed by atoms with E-state index in [1.54, 1.807) is 24.3 Å². The predicted molar refractivity (Wildman–Crippen MR) is 66.3 cm³/mol. The SMILES string of the molecule is CC(C)C(C=O)NC(=O)c1ccc(Br)cc1. The molecule has 1 aromatic carbocycles. The van der Waals surface area contributed by atoms with Gasteiger partial charge in [0.05, 0.1) is 6.04 Å². The van der Waals surface area contributed by atoms with Crippen LogP contribution in [0.3, 0.4) is 0 Å². The summed E-state index contributed by atoms with van der Waals surface area (Å²) in [5, 5.41) is 2.68. The molecule has 0 saturated heterocycles. The maximum absolute atomic E-state index is 11.7. The molecule has 0 aromatic heterocycles. The second-order valence-corrected chi connectivity index (χ2v) is 4.80. The zero-order valence-corrected chi connectivity index (χ0v) is 10.8. The highest BCUT2D eigenvalue weighted by Gasteiger charge is 2.15. The smallest absolute Gasteiger partial charge is 0.251 e. The Morgan fingerprint density at radius 3 is 2.31 bits per heavy atom. The molecule has 0 radical (unpaired) electrons. The molecule has 1 amide bonds. The quantitative estimate of drug-likeness (QED) is 0.863. The summed E-state index contributed by atoms with van der Waals surface area (Å²) in [5.74, 6) is -0.129. The van der Waals surface area contributed by atoms with Crippen molar-refractivity contribution in [1.82, 2.24) is 5.32 Å². The van der Waals surface area contributed by atoms with Gasteiger partial charge in [0.1, 0.15) is 6.29 Å². The maximum atomic E-state index is 11.7. The Bertz CT molecular complexity index is 373. The van der Waals surface area contributed by atoms with Gasteiger partial charge in [-0.05, 0) is 30.2 Å². The van der Waals surface area contributed by atoms with E-state index in [0.29, 0.717) is 5.56 Å². The Labute approximate surface area is 103 Å². The lowest BCUT2D eigenvalue weighted by Crippen LogP contribution is -2.39. The van der Waals surface area contributed by atoms with Crippen LogP contribution < -0.4 is 5.32 Å². The van der Waals surface area contributed by atoms with Crippen LogP contribution in [-0.2, 0) is 4.79 Å². The third kappa shape index (κ3) is 3.45. The van der Waals surface area contributed by atoms with Gasteiger partial charge in [0.2, 0.25) is 0 Å². The van der Waals surface area contributed by atoms with Crippen molar-refractivity contribution in [2.24, 2.45) is 5.92 Å². The van der Waals surface area contributed by atoms with E-state index in [0.717, 1.165) is 10.8 Å². The summed E-state index contributed by atoms with van der Waals surface area (Å²) < 4.78 is 0.917. The topological polar surface area (TPSA) is 46.2 Å². The van der Waals surface area contributed by atoms with Crippen molar-refractivity contribution in [3.63, 3.8) is 0 Å². The molecule has 4 heteroatoms. The Kier molecular flexibility index (Phi) is 4.68. The van der Waals surface area contributed by atoms with Gasteiger partial charge in [0.15, 0.2) is 0 Å². The first-order valence-corrected chi connectivity index (χ1v) is 5.85. The number of carbonyl (C=O) groups is 2. The zero-order valence-electron chi connectivity index (χ0n) is 9.24. The highest BCUT2D eigenvalue weighted by atomic mass is 79.9. The first-order chi connectivity index (χ1) is 7.54. The van der Waals surface area contributed by atoms with Gasteiger partial charge in [0.25, 0.3) is 5.91 Å². The molecular formula is C12H14BrNO2. The number of halogens is 1. The van der Waals surface area contributed by atoms with Crippen LogP contribution in [0.15, 0.2) is 28.7 Å². The van der Waals surface area contributed by atoms with Crippen molar-refractivity contribution in [2.75, 3.05) is 0 Å². The molecule has 1 rings (SSSR count). The van der Waals surface area contributed by atoms with Crippen LogP contribution in [-0.4, -0.2) is 18.2 Å². The van der Waals surface area contributed by atoms with E-state index in [9.17, 15) is 9.59 Å². The van der Waals surface area contributed by atoms with Gasteiger partial charge < -0.3 is 10.1 Å². The summed E-state index contributed by atoms with van der Waals surface area (Å²) in [6.07, 6.45) is 0.765. The Hall–Kier alpha value is -1.16. The van der Waals surface area contributed by atoms with Crippen LogP contribution in [0.25, 0.3) is 0 Å². The largest absolute Gasteiger partial charge is 0.342 e.